The summed E-state index contributed by atoms with van der Waals surface area (Å²) in [4.78, 5) is 48.3. The molecule has 0 spiro atoms. The first-order chi connectivity index (χ1) is 18.6. The minimum Gasteiger partial charge on any atom is -0.445 e. The molecule has 3 heterocycles. The lowest BCUT2D eigenvalue weighted by atomic mass is 10.0. The Morgan fingerprint density at radius 1 is 0.842 bits per heavy atom. The fraction of sp³-hybridized carbons (Fsp3) is 0.448. The lowest BCUT2D eigenvalue weighted by Gasteiger charge is -2.30. The van der Waals surface area contributed by atoms with Gasteiger partial charge in [-0.25, -0.2) is 4.79 Å². The number of nitrogens with zero attached hydrogens (tertiary/aromatic N) is 3. The molecule has 5 rings (SSSR count). The molecule has 0 radical (unpaired) electrons. The molecule has 2 amide bonds. The quantitative estimate of drug-likeness (QED) is 0.501. The van der Waals surface area contributed by atoms with Crippen LogP contribution in [-0.4, -0.2) is 71.2 Å². The number of hydrogen-bond donors (Lipinski definition) is 0. The Kier molecular flexibility index (Phi) is 8.33. The molecule has 9 nitrogen and oxygen atoms in total. The van der Waals surface area contributed by atoms with Crippen LogP contribution >= 0.6 is 0 Å². The van der Waals surface area contributed by atoms with E-state index in [-0.39, 0.29) is 24.4 Å². The number of ketones is 1. The third-order valence-electron chi connectivity index (χ3n) is 7.25. The van der Waals surface area contributed by atoms with Gasteiger partial charge in [-0.05, 0) is 36.8 Å². The van der Waals surface area contributed by atoms with Crippen molar-refractivity contribution in [3.63, 3.8) is 0 Å². The molecule has 9 heteroatoms. The minimum atomic E-state index is -0.618. The lowest BCUT2D eigenvalue weighted by molar-refractivity contribution is -0.139. The van der Waals surface area contributed by atoms with Crippen LogP contribution in [0.4, 0.5) is 4.79 Å². The van der Waals surface area contributed by atoms with E-state index < -0.39 is 18.2 Å². The second-order valence-electron chi connectivity index (χ2n) is 9.92. The second-order valence-corrected chi connectivity index (χ2v) is 9.92. The fourth-order valence-corrected chi connectivity index (χ4v) is 5.28. The highest BCUT2D eigenvalue weighted by molar-refractivity contribution is 6.42. The Morgan fingerprint density at radius 3 is 2.18 bits per heavy atom. The summed E-state index contributed by atoms with van der Waals surface area (Å²) in [5.41, 5.74) is 2.29. The van der Waals surface area contributed by atoms with E-state index in [9.17, 15) is 14.4 Å². The fourth-order valence-electron chi connectivity index (χ4n) is 5.28. The smallest absolute Gasteiger partial charge is 0.410 e. The molecule has 0 N–H and O–H groups in total. The molecule has 0 saturated carbocycles. The van der Waals surface area contributed by atoms with Crippen molar-refractivity contribution >= 4 is 23.5 Å². The largest absolute Gasteiger partial charge is 0.445 e. The Labute approximate surface area is 222 Å². The summed E-state index contributed by atoms with van der Waals surface area (Å²) >= 11 is 0. The van der Waals surface area contributed by atoms with Crippen LogP contribution in [0.25, 0.3) is 0 Å². The van der Waals surface area contributed by atoms with Crippen LogP contribution in [0.1, 0.15) is 43.2 Å². The van der Waals surface area contributed by atoms with E-state index in [2.05, 4.69) is 5.16 Å². The zero-order chi connectivity index (χ0) is 26.3. The van der Waals surface area contributed by atoms with Gasteiger partial charge in [0.15, 0.2) is 6.10 Å². The number of amides is 2. The number of carbonyl (C=O) groups is 3. The van der Waals surface area contributed by atoms with Crippen molar-refractivity contribution in [1.82, 2.24) is 9.80 Å². The first kappa shape index (κ1) is 25.9. The number of ether oxygens (including phenoxy) is 2. The third kappa shape index (κ3) is 6.05. The van der Waals surface area contributed by atoms with Crippen molar-refractivity contribution in [2.45, 2.75) is 63.5 Å². The molecule has 3 atom stereocenters. The van der Waals surface area contributed by atoms with E-state index >= 15 is 0 Å². The number of hydrogen-bond acceptors (Lipinski definition) is 7. The van der Waals surface area contributed by atoms with Gasteiger partial charge in [-0.2, -0.15) is 0 Å². The highest BCUT2D eigenvalue weighted by atomic mass is 16.7. The van der Waals surface area contributed by atoms with Gasteiger partial charge in [0.1, 0.15) is 18.4 Å². The van der Waals surface area contributed by atoms with Crippen LogP contribution in [0.15, 0.2) is 65.8 Å². The predicted molar refractivity (Wildman–Crippen MR) is 139 cm³/mol. The number of rotatable bonds is 9. The molecule has 2 aromatic rings. The van der Waals surface area contributed by atoms with Crippen LogP contribution < -0.4 is 0 Å². The standard InChI is InChI=1S/C29H33N3O6/c33-27(24-17-23(38-30-24)20-36-18-21-9-3-1-4-10-21)25-13-7-15-31(25)28(34)26-14-8-16-32(26)29(35)37-19-22-11-5-2-6-12-22/h1-6,9-12,23,25-26H,7-8,13-20H2/t23?,25-,26-/m0/s1. The van der Waals surface area contributed by atoms with Gasteiger partial charge in [0, 0.05) is 19.5 Å². The van der Waals surface area contributed by atoms with Crippen molar-refractivity contribution in [3.8, 4) is 0 Å². The zero-order valence-electron chi connectivity index (χ0n) is 21.4. The highest BCUT2D eigenvalue weighted by Gasteiger charge is 2.44. The van der Waals surface area contributed by atoms with Crippen molar-refractivity contribution in [2.75, 3.05) is 19.7 Å². The van der Waals surface area contributed by atoms with E-state index in [1.807, 2.05) is 60.7 Å². The summed E-state index contributed by atoms with van der Waals surface area (Å²) in [6.45, 7) is 1.88. The maximum atomic E-state index is 13.5. The second kappa shape index (κ2) is 12.2. The van der Waals surface area contributed by atoms with Crippen molar-refractivity contribution in [3.05, 3.63) is 71.8 Å². The van der Waals surface area contributed by atoms with E-state index in [4.69, 9.17) is 14.3 Å². The molecule has 3 aliphatic rings. The number of carbonyl (C=O) groups excluding carboxylic acids is 3. The first-order valence-electron chi connectivity index (χ1n) is 13.3. The number of likely N-dealkylation sites (tertiary alicyclic amines) is 2. The maximum Gasteiger partial charge on any atom is 0.410 e. The average molecular weight is 520 g/mol. The first-order valence-corrected chi connectivity index (χ1v) is 13.3. The summed E-state index contributed by atoms with van der Waals surface area (Å²) in [5, 5.41) is 4.04. The van der Waals surface area contributed by atoms with Gasteiger partial charge in [-0.3, -0.25) is 14.5 Å². The Hall–Kier alpha value is -3.72. The van der Waals surface area contributed by atoms with E-state index in [1.54, 1.807) is 4.90 Å². The SMILES string of the molecule is O=C(C1=NOC(COCc2ccccc2)C1)[C@@H]1CCCN1C(=O)[C@@H]1CCCN1C(=O)OCc1ccccc1. The van der Waals surface area contributed by atoms with Crippen LogP contribution in [0.2, 0.25) is 0 Å². The topological polar surface area (TPSA) is 97.7 Å². The van der Waals surface area contributed by atoms with Crippen molar-refractivity contribution in [1.29, 1.82) is 0 Å². The highest BCUT2D eigenvalue weighted by Crippen LogP contribution is 2.27. The molecule has 3 aliphatic heterocycles. The number of Topliss-reactive ketones (excluding diaryl/α,β-unsaturated/α-hetero) is 1. The normalized spacial score (nSPS) is 22.7. The van der Waals surface area contributed by atoms with Crippen molar-refractivity contribution in [2.24, 2.45) is 5.16 Å². The van der Waals surface area contributed by atoms with Crippen molar-refractivity contribution < 1.29 is 28.7 Å². The molecule has 0 bridgehead atoms. The van der Waals surface area contributed by atoms with Gasteiger partial charge >= 0.3 is 6.09 Å². The van der Waals surface area contributed by atoms with Crippen LogP contribution in [0, 0.1) is 0 Å². The van der Waals surface area contributed by atoms with Crippen LogP contribution in [-0.2, 0) is 37.1 Å². The Morgan fingerprint density at radius 2 is 1.47 bits per heavy atom. The zero-order valence-corrected chi connectivity index (χ0v) is 21.4. The summed E-state index contributed by atoms with van der Waals surface area (Å²) in [6.07, 6.45) is 2.10. The van der Waals surface area contributed by atoms with E-state index in [0.717, 1.165) is 17.5 Å². The summed E-state index contributed by atoms with van der Waals surface area (Å²) < 4.78 is 11.2. The molecule has 2 aromatic carbocycles. The Balaban J connectivity index is 1.13. The molecule has 2 fully saturated rings. The number of benzene rings is 2. The van der Waals surface area contributed by atoms with Gasteiger partial charge in [0.2, 0.25) is 11.7 Å². The third-order valence-corrected chi connectivity index (χ3v) is 7.25. The molecule has 38 heavy (non-hydrogen) atoms. The summed E-state index contributed by atoms with van der Waals surface area (Å²) in [5.74, 6) is -0.380. The maximum absolute atomic E-state index is 13.5. The van der Waals surface area contributed by atoms with E-state index in [0.29, 0.717) is 57.7 Å². The molecule has 0 aliphatic carbocycles. The van der Waals surface area contributed by atoms with Crippen LogP contribution in [0.5, 0.6) is 0 Å². The number of oxime groups is 1. The van der Waals surface area contributed by atoms with Gasteiger partial charge in [0.25, 0.3) is 0 Å². The molecule has 200 valence electrons. The molecular weight excluding hydrogens is 486 g/mol. The van der Waals surface area contributed by atoms with E-state index in [1.165, 1.54) is 4.90 Å². The summed E-state index contributed by atoms with van der Waals surface area (Å²) in [7, 11) is 0. The van der Waals surface area contributed by atoms with Gasteiger partial charge < -0.3 is 19.2 Å². The molecular formula is C29H33N3O6. The molecule has 1 unspecified atom stereocenters. The van der Waals surface area contributed by atoms with Gasteiger partial charge in [-0.1, -0.05) is 65.8 Å². The Bertz CT molecular complexity index is 1160. The molecule has 2 saturated heterocycles. The molecule has 0 aromatic heterocycles. The average Bonchev–Trinajstić information content (AvgIpc) is 3.73. The van der Waals surface area contributed by atoms with Gasteiger partial charge in [-0.15, -0.1) is 0 Å². The monoisotopic (exact) mass is 519 g/mol. The predicted octanol–water partition coefficient (Wildman–Crippen LogP) is 3.71. The minimum absolute atomic E-state index is 0.151. The van der Waals surface area contributed by atoms with Crippen LogP contribution in [0.3, 0.4) is 0 Å². The van der Waals surface area contributed by atoms with Gasteiger partial charge in [0.05, 0.1) is 19.3 Å². The summed E-state index contributed by atoms with van der Waals surface area (Å²) in [6, 6.07) is 18.1. The lowest BCUT2D eigenvalue weighted by Crippen LogP contribution is -2.52.